The fourth-order valence-electron chi connectivity index (χ4n) is 6.41. The van der Waals surface area contributed by atoms with Crippen LogP contribution in [0.2, 0.25) is 5.02 Å². The topological polar surface area (TPSA) is 86.6 Å². The highest BCUT2D eigenvalue weighted by Gasteiger charge is 2.36. The standard InChI is InChI=1S/C28H32ClFN6O2/c1-35-8-2-3-18(35)14-38-28-33-26-21(27(34-28)36-13-16-6-7-17(36)11-31-16)12-32-25(24(26)30)20-9-19(37)10-22(29)23(20)15-4-5-15/h9-10,12,15-18,31,37H,2-8,11,13-14H2,1H3/t16?,17?,18-/m1/s1. The summed E-state index contributed by atoms with van der Waals surface area (Å²) in [5.41, 5.74) is 1.69. The van der Waals surface area contributed by atoms with Gasteiger partial charge < -0.3 is 25.0 Å². The number of likely N-dealkylation sites (N-methyl/N-ethyl adjacent to an activating group) is 1. The summed E-state index contributed by atoms with van der Waals surface area (Å²) in [6.45, 7) is 3.18. The largest absolute Gasteiger partial charge is 0.508 e. The van der Waals surface area contributed by atoms with Gasteiger partial charge in [-0.25, -0.2) is 4.39 Å². The van der Waals surface area contributed by atoms with Gasteiger partial charge in [-0.05, 0) is 75.7 Å². The van der Waals surface area contributed by atoms with Crippen molar-refractivity contribution in [3.05, 3.63) is 34.7 Å². The Hall–Kier alpha value is -2.75. The first kappa shape index (κ1) is 24.3. The molecule has 5 fully saturated rings. The van der Waals surface area contributed by atoms with Gasteiger partial charge in [0.2, 0.25) is 0 Å². The van der Waals surface area contributed by atoms with Crippen LogP contribution in [0.4, 0.5) is 10.2 Å². The number of hydrogen-bond acceptors (Lipinski definition) is 8. The minimum absolute atomic E-state index is 0.0133. The SMILES string of the molecule is CN1CCC[C@@H]1COc1nc(N2CC3CCC2CN3)c2cnc(-c3cc(O)cc(Cl)c3C3CC3)c(F)c2n1. The molecular weight excluding hydrogens is 507 g/mol. The van der Waals surface area contributed by atoms with Crippen LogP contribution in [-0.2, 0) is 0 Å². The van der Waals surface area contributed by atoms with Crippen LogP contribution in [0.25, 0.3) is 22.2 Å². The van der Waals surface area contributed by atoms with Crippen molar-refractivity contribution in [3.8, 4) is 23.0 Å². The summed E-state index contributed by atoms with van der Waals surface area (Å²) >= 11 is 6.52. The van der Waals surface area contributed by atoms with Crippen molar-refractivity contribution in [2.24, 2.45) is 0 Å². The van der Waals surface area contributed by atoms with Crippen LogP contribution in [-0.4, -0.2) is 76.4 Å². The molecule has 38 heavy (non-hydrogen) atoms. The van der Waals surface area contributed by atoms with Gasteiger partial charge in [-0.3, -0.25) is 4.98 Å². The number of halogens is 2. The molecule has 10 heteroatoms. The zero-order chi connectivity index (χ0) is 26.0. The highest BCUT2D eigenvalue weighted by Crippen LogP contribution is 2.49. The first-order valence-corrected chi connectivity index (χ1v) is 14.1. The van der Waals surface area contributed by atoms with E-state index in [1.165, 1.54) is 6.07 Å². The molecule has 0 radical (unpaired) electrons. The lowest BCUT2D eigenvalue weighted by atomic mass is 9.93. The molecule has 8 rings (SSSR count). The quantitative estimate of drug-likeness (QED) is 0.475. The van der Waals surface area contributed by atoms with Crippen LogP contribution in [0.1, 0.15) is 50.0 Å². The third-order valence-electron chi connectivity index (χ3n) is 8.70. The van der Waals surface area contributed by atoms with Crippen molar-refractivity contribution in [3.63, 3.8) is 0 Å². The molecular formula is C28H32ClFN6O2. The minimum Gasteiger partial charge on any atom is -0.508 e. The summed E-state index contributed by atoms with van der Waals surface area (Å²) < 4.78 is 22.6. The molecule has 2 aromatic heterocycles. The number of phenols is 1. The molecule has 2 unspecified atom stereocenters. The van der Waals surface area contributed by atoms with E-state index in [4.69, 9.17) is 21.3 Å². The van der Waals surface area contributed by atoms with Crippen LogP contribution < -0.4 is 15.0 Å². The maximum absolute atomic E-state index is 16.4. The molecule has 1 saturated carbocycles. The van der Waals surface area contributed by atoms with Gasteiger partial charge in [-0.2, -0.15) is 9.97 Å². The molecule has 4 aliphatic heterocycles. The van der Waals surface area contributed by atoms with Crippen LogP contribution in [0.15, 0.2) is 18.3 Å². The minimum atomic E-state index is -0.544. The fourth-order valence-corrected chi connectivity index (χ4v) is 6.78. The Bertz CT molecular complexity index is 1390. The molecule has 1 aliphatic carbocycles. The fraction of sp³-hybridized carbons (Fsp3) is 0.536. The van der Waals surface area contributed by atoms with Crippen LogP contribution in [0.3, 0.4) is 0 Å². The number of piperazine rings is 1. The number of ether oxygens (including phenoxy) is 1. The number of likely N-dealkylation sites (tertiary alicyclic amines) is 1. The summed E-state index contributed by atoms with van der Waals surface area (Å²) in [5.74, 6) is 0.364. The van der Waals surface area contributed by atoms with Crippen LogP contribution >= 0.6 is 11.6 Å². The molecule has 2 bridgehead atoms. The number of nitrogens with zero attached hydrogens (tertiary/aromatic N) is 5. The monoisotopic (exact) mass is 538 g/mol. The van der Waals surface area contributed by atoms with Crippen LogP contribution in [0.5, 0.6) is 11.8 Å². The number of aromatic hydroxyl groups is 1. The molecule has 4 saturated heterocycles. The first-order chi connectivity index (χ1) is 18.5. The van der Waals surface area contributed by atoms with Crippen molar-refractivity contribution < 1.29 is 14.2 Å². The van der Waals surface area contributed by atoms with Gasteiger partial charge in [0.05, 0.1) is 5.39 Å². The lowest BCUT2D eigenvalue weighted by Crippen LogP contribution is -2.61. The first-order valence-electron chi connectivity index (χ1n) is 13.7. The van der Waals surface area contributed by atoms with E-state index in [0.717, 1.165) is 63.7 Å². The second-order valence-corrected chi connectivity index (χ2v) is 11.7. The van der Waals surface area contributed by atoms with Crippen LogP contribution in [0, 0.1) is 5.82 Å². The van der Waals surface area contributed by atoms with Gasteiger partial charge in [0, 0.05) is 48.0 Å². The van der Waals surface area contributed by atoms with Crippen molar-refractivity contribution >= 4 is 28.3 Å². The van der Waals surface area contributed by atoms with Crippen molar-refractivity contribution in [2.45, 2.75) is 62.6 Å². The van der Waals surface area contributed by atoms with Gasteiger partial charge in [0.25, 0.3) is 0 Å². The lowest BCUT2D eigenvalue weighted by Gasteiger charge is -2.46. The summed E-state index contributed by atoms with van der Waals surface area (Å²) in [6.07, 6.45) is 8.02. The third kappa shape index (κ3) is 4.25. The highest BCUT2D eigenvalue weighted by atomic mass is 35.5. The summed E-state index contributed by atoms with van der Waals surface area (Å²) in [6, 6.07) is 4.22. The van der Waals surface area contributed by atoms with Gasteiger partial charge >= 0.3 is 6.01 Å². The summed E-state index contributed by atoms with van der Waals surface area (Å²) in [5, 5.41) is 14.9. The van der Waals surface area contributed by atoms with E-state index in [-0.39, 0.29) is 34.9 Å². The molecule has 200 valence electrons. The number of aromatic nitrogens is 3. The molecule has 0 amide bonds. The number of fused-ring (bicyclic) bond motifs is 4. The Morgan fingerprint density at radius 3 is 2.74 bits per heavy atom. The number of benzene rings is 1. The number of pyridine rings is 1. The third-order valence-corrected chi connectivity index (χ3v) is 9.01. The predicted octanol–water partition coefficient (Wildman–Crippen LogP) is 4.48. The van der Waals surface area contributed by atoms with E-state index in [1.54, 1.807) is 12.3 Å². The average molecular weight is 539 g/mol. The lowest BCUT2D eigenvalue weighted by molar-refractivity contribution is 0.188. The molecule has 3 atom stereocenters. The van der Waals surface area contributed by atoms with Gasteiger partial charge in [0.1, 0.15) is 29.4 Å². The van der Waals surface area contributed by atoms with Gasteiger partial charge in [-0.15, -0.1) is 0 Å². The second-order valence-electron chi connectivity index (χ2n) is 11.3. The summed E-state index contributed by atoms with van der Waals surface area (Å²) in [7, 11) is 2.10. The number of phenolic OH excluding ortho intramolecular Hbond substituents is 1. The van der Waals surface area contributed by atoms with E-state index in [1.807, 2.05) is 0 Å². The number of anilines is 1. The number of hydrogen-bond donors (Lipinski definition) is 2. The maximum Gasteiger partial charge on any atom is 0.319 e. The van der Waals surface area contributed by atoms with Crippen molar-refractivity contribution in [1.29, 1.82) is 0 Å². The number of nitrogens with one attached hydrogen (secondary N) is 1. The maximum atomic E-state index is 16.4. The Labute approximate surface area is 226 Å². The molecule has 3 aromatic rings. The molecule has 6 heterocycles. The predicted molar refractivity (Wildman–Crippen MR) is 145 cm³/mol. The molecule has 0 spiro atoms. The Morgan fingerprint density at radius 2 is 2.05 bits per heavy atom. The van der Waals surface area contributed by atoms with Gasteiger partial charge in [-0.1, -0.05) is 11.6 Å². The normalized spacial score (nSPS) is 25.4. The van der Waals surface area contributed by atoms with Crippen molar-refractivity contribution in [2.75, 3.05) is 38.2 Å². The zero-order valence-electron chi connectivity index (χ0n) is 21.5. The molecule has 2 N–H and O–H groups in total. The summed E-state index contributed by atoms with van der Waals surface area (Å²) in [4.78, 5) is 18.6. The number of piperidine rings is 2. The van der Waals surface area contributed by atoms with E-state index in [2.05, 4.69) is 32.1 Å². The average Bonchev–Trinajstić information content (AvgIpc) is 3.67. The van der Waals surface area contributed by atoms with E-state index in [0.29, 0.717) is 40.5 Å². The highest BCUT2D eigenvalue weighted by molar-refractivity contribution is 6.32. The Morgan fingerprint density at radius 1 is 1.18 bits per heavy atom. The van der Waals surface area contributed by atoms with E-state index >= 15 is 4.39 Å². The second kappa shape index (κ2) is 9.47. The molecule has 1 aromatic carbocycles. The van der Waals surface area contributed by atoms with E-state index in [9.17, 15) is 5.11 Å². The Kier molecular flexibility index (Phi) is 6.05. The van der Waals surface area contributed by atoms with E-state index < -0.39 is 5.82 Å². The molecule has 8 nitrogen and oxygen atoms in total. The zero-order valence-corrected chi connectivity index (χ0v) is 22.2. The Balaban J connectivity index is 1.35. The molecule has 5 aliphatic rings. The van der Waals surface area contributed by atoms with Gasteiger partial charge in [0.15, 0.2) is 5.82 Å². The van der Waals surface area contributed by atoms with Crippen molar-refractivity contribution in [1.82, 2.24) is 25.2 Å². The number of rotatable bonds is 6. The smallest absolute Gasteiger partial charge is 0.319 e.